The Kier molecular flexibility index (Phi) is 13.8. The number of benzene rings is 4. The first-order chi connectivity index (χ1) is 23.0. The number of carbonyl (C=O) groups excluding carboxylic acids is 2. The van der Waals surface area contributed by atoms with Gasteiger partial charge in [-0.15, -0.1) is 0 Å². The second kappa shape index (κ2) is 17.3. The van der Waals surface area contributed by atoms with Gasteiger partial charge in [0.2, 0.25) is 0 Å². The summed E-state index contributed by atoms with van der Waals surface area (Å²) >= 11 is 23.6. The van der Waals surface area contributed by atoms with Gasteiger partial charge in [0.1, 0.15) is 28.7 Å². The molecule has 0 aliphatic carbocycles. The fourth-order valence-electron chi connectivity index (χ4n) is 3.58. The van der Waals surface area contributed by atoms with Gasteiger partial charge in [-0.1, -0.05) is 46.4 Å². The Morgan fingerprint density at radius 2 is 1.24 bits per heavy atom. The van der Waals surface area contributed by atoms with Crippen molar-refractivity contribution in [2.24, 2.45) is 0 Å². The van der Waals surface area contributed by atoms with Crippen molar-refractivity contribution in [1.82, 2.24) is 0 Å². The summed E-state index contributed by atoms with van der Waals surface area (Å²) in [4.78, 5) is 34.1. The Labute approximate surface area is 297 Å². The van der Waals surface area contributed by atoms with E-state index in [0.29, 0.717) is 33.4 Å². The number of hydrogen-bond acceptors (Lipinski definition) is 8. The molecule has 1 unspecified atom stereocenters. The summed E-state index contributed by atoms with van der Waals surface area (Å²) in [5.74, 6) is -1.20. The highest BCUT2D eigenvalue weighted by atomic mass is 35.5. The molecule has 4 aromatic carbocycles. The molecular weight excluding hydrogens is 739 g/mol. The number of esters is 2. The molecule has 0 heterocycles. The van der Waals surface area contributed by atoms with Crippen molar-refractivity contribution in [3.05, 3.63) is 110 Å². The first-order valence-corrected chi connectivity index (χ1v) is 15.2. The normalized spacial score (nSPS) is 12.0. The third kappa shape index (κ3) is 11.6. The zero-order chi connectivity index (χ0) is 36.5. The van der Waals surface area contributed by atoms with Crippen molar-refractivity contribution in [3.8, 4) is 28.7 Å². The fourth-order valence-corrected chi connectivity index (χ4v) is 4.44. The van der Waals surface area contributed by atoms with E-state index in [1.807, 2.05) is 0 Å². The molecule has 260 valence electrons. The van der Waals surface area contributed by atoms with E-state index in [1.165, 1.54) is 19.2 Å². The van der Waals surface area contributed by atoms with Gasteiger partial charge in [-0.25, -0.2) is 14.4 Å². The summed E-state index contributed by atoms with van der Waals surface area (Å²) < 4.78 is 63.8. The van der Waals surface area contributed by atoms with Crippen molar-refractivity contribution >= 4 is 64.3 Å². The predicted molar refractivity (Wildman–Crippen MR) is 176 cm³/mol. The third-order valence-electron chi connectivity index (χ3n) is 6.07. The van der Waals surface area contributed by atoms with Gasteiger partial charge in [0, 0.05) is 5.02 Å². The lowest BCUT2D eigenvalue weighted by atomic mass is 10.2. The number of carboxylic acids is 1. The Morgan fingerprint density at radius 1 is 0.694 bits per heavy atom. The fraction of sp³-hybridized carbons (Fsp3) is 0.182. The molecule has 0 spiro atoms. The van der Waals surface area contributed by atoms with Crippen LogP contribution in [0.25, 0.3) is 0 Å². The minimum atomic E-state index is -4.56. The minimum absolute atomic E-state index is 0.0246. The molecule has 2 atom stereocenters. The number of carbonyl (C=O) groups is 3. The van der Waals surface area contributed by atoms with E-state index in [-0.39, 0.29) is 27.1 Å². The molecule has 0 aromatic heterocycles. The summed E-state index contributed by atoms with van der Waals surface area (Å²) in [6.07, 6.45) is -6.63. The van der Waals surface area contributed by atoms with Crippen LogP contribution >= 0.6 is 46.4 Å². The number of methoxy groups -OCH3 is 1. The lowest BCUT2D eigenvalue weighted by Gasteiger charge is -2.13. The summed E-state index contributed by atoms with van der Waals surface area (Å²) in [5.41, 5.74) is -1.12. The van der Waals surface area contributed by atoms with E-state index in [1.54, 1.807) is 49.4 Å². The van der Waals surface area contributed by atoms with Crippen LogP contribution in [-0.4, -0.2) is 42.3 Å². The maximum atomic E-state index is 12.7. The topological polar surface area (TPSA) is 118 Å². The first kappa shape index (κ1) is 39.1. The number of rotatable bonds is 10. The Balaban J connectivity index is 0.000000271. The Hall–Kier alpha value is -4.36. The molecule has 0 radical (unpaired) electrons. The van der Waals surface area contributed by atoms with E-state index in [4.69, 9.17) is 70.5 Å². The molecule has 0 fully saturated rings. The summed E-state index contributed by atoms with van der Waals surface area (Å²) in [7, 11) is 1.31. The number of carboxylic acid groups (broad SMARTS) is 1. The molecule has 9 nitrogen and oxygen atoms in total. The number of halogens is 7. The van der Waals surface area contributed by atoms with Gasteiger partial charge in [-0.3, -0.25) is 0 Å². The second-order valence-corrected chi connectivity index (χ2v) is 11.4. The van der Waals surface area contributed by atoms with Crippen LogP contribution in [0.2, 0.25) is 20.1 Å². The van der Waals surface area contributed by atoms with E-state index in [2.05, 4.69) is 4.74 Å². The number of ether oxygens (including phenoxy) is 5. The molecule has 0 aliphatic heterocycles. The van der Waals surface area contributed by atoms with E-state index in [9.17, 15) is 27.6 Å². The molecule has 1 N–H and O–H groups in total. The summed E-state index contributed by atoms with van der Waals surface area (Å²) in [6, 6.07) is 18.1. The number of alkyl halides is 3. The van der Waals surface area contributed by atoms with Crippen LogP contribution in [0.4, 0.5) is 13.2 Å². The highest BCUT2D eigenvalue weighted by Gasteiger charge is 2.31. The van der Waals surface area contributed by atoms with Crippen molar-refractivity contribution in [3.63, 3.8) is 0 Å². The van der Waals surface area contributed by atoms with E-state index >= 15 is 0 Å². The SMILES string of the molecule is COC(=O)C(C)Oc1ccc(Oc2ccc(Cl)cc2Cl)cc1.C[C@H](OC(=O)c1cc(Oc2ccc(C(F)(F)F)cc2Cl)ccc1Cl)C(=O)O. The summed E-state index contributed by atoms with van der Waals surface area (Å²) in [5, 5.41) is 9.43. The zero-order valence-electron chi connectivity index (χ0n) is 25.5. The second-order valence-electron chi connectivity index (χ2n) is 9.70. The van der Waals surface area contributed by atoms with Crippen molar-refractivity contribution in [1.29, 1.82) is 0 Å². The molecule has 0 bridgehead atoms. The van der Waals surface area contributed by atoms with Crippen LogP contribution in [0.1, 0.15) is 29.8 Å². The van der Waals surface area contributed by atoms with Crippen LogP contribution in [0.5, 0.6) is 28.7 Å². The highest BCUT2D eigenvalue weighted by molar-refractivity contribution is 6.35. The Bertz CT molecular complexity index is 1800. The predicted octanol–water partition coefficient (Wildman–Crippen LogP) is 10.2. The molecule has 4 rings (SSSR count). The molecule has 0 amide bonds. The van der Waals surface area contributed by atoms with Gasteiger partial charge in [-0.2, -0.15) is 13.2 Å². The maximum absolute atomic E-state index is 12.7. The smallest absolute Gasteiger partial charge is 0.416 e. The monoisotopic (exact) mass is 762 g/mol. The lowest BCUT2D eigenvalue weighted by molar-refractivity contribution is -0.148. The zero-order valence-corrected chi connectivity index (χ0v) is 28.5. The van der Waals surface area contributed by atoms with Crippen LogP contribution in [-0.2, 0) is 25.2 Å². The van der Waals surface area contributed by atoms with Crippen molar-refractivity contribution in [2.75, 3.05) is 7.11 Å². The van der Waals surface area contributed by atoms with Crippen LogP contribution in [0.3, 0.4) is 0 Å². The van der Waals surface area contributed by atoms with Gasteiger partial charge in [0.25, 0.3) is 0 Å². The van der Waals surface area contributed by atoms with Gasteiger partial charge < -0.3 is 28.8 Å². The Morgan fingerprint density at radius 3 is 1.80 bits per heavy atom. The van der Waals surface area contributed by atoms with Gasteiger partial charge in [0.15, 0.2) is 12.2 Å². The minimum Gasteiger partial charge on any atom is -0.479 e. The highest BCUT2D eigenvalue weighted by Crippen LogP contribution is 2.37. The standard InChI is InChI=1S/C17H11Cl2F3O5.C16H14Cl2O4/c1-8(15(23)24)26-16(25)11-7-10(3-4-12(11)18)27-14-5-2-9(6-13(14)19)17(20,21)22;1-10(16(19)20-2)21-12-4-6-13(7-5-12)22-15-8-3-11(17)9-14(15)18/h2-8H,1H3,(H,23,24);3-10H,1-2H3/t8-;/m0./s1. The van der Waals surface area contributed by atoms with Crippen molar-refractivity contribution < 1.29 is 56.3 Å². The van der Waals surface area contributed by atoms with Gasteiger partial charge in [0.05, 0.1) is 33.3 Å². The van der Waals surface area contributed by atoms with E-state index < -0.39 is 41.9 Å². The molecule has 4 aromatic rings. The molecule has 0 saturated carbocycles. The quantitative estimate of drug-likeness (QED) is 0.158. The molecular formula is C33H25Cl4F3O9. The van der Waals surface area contributed by atoms with Gasteiger partial charge in [-0.05, 0) is 92.7 Å². The molecule has 16 heteroatoms. The van der Waals surface area contributed by atoms with Crippen molar-refractivity contribution in [2.45, 2.75) is 32.2 Å². The van der Waals surface area contributed by atoms with Crippen LogP contribution < -0.4 is 14.2 Å². The maximum Gasteiger partial charge on any atom is 0.416 e. The van der Waals surface area contributed by atoms with Crippen LogP contribution in [0.15, 0.2) is 78.9 Å². The lowest BCUT2D eigenvalue weighted by Crippen LogP contribution is -2.24. The summed E-state index contributed by atoms with van der Waals surface area (Å²) in [6.45, 7) is 2.78. The molecule has 0 saturated heterocycles. The molecule has 0 aliphatic rings. The van der Waals surface area contributed by atoms with Gasteiger partial charge >= 0.3 is 24.1 Å². The van der Waals surface area contributed by atoms with E-state index in [0.717, 1.165) is 25.1 Å². The number of aliphatic carboxylic acids is 1. The van der Waals surface area contributed by atoms with Crippen LogP contribution in [0, 0.1) is 0 Å². The third-order valence-corrected chi connectivity index (χ3v) is 7.22. The molecule has 49 heavy (non-hydrogen) atoms. The first-order valence-electron chi connectivity index (χ1n) is 13.7. The average molecular weight is 764 g/mol. The number of hydrogen-bond donors (Lipinski definition) is 1. The largest absolute Gasteiger partial charge is 0.479 e. The average Bonchev–Trinajstić information content (AvgIpc) is 3.04.